The lowest BCUT2D eigenvalue weighted by atomic mass is 10.0. The Labute approximate surface area is 218 Å². The summed E-state index contributed by atoms with van der Waals surface area (Å²) in [6.07, 6.45) is 1.30. The predicted octanol–water partition coefficient (Wildman–Crippen LogP) is 4.08. The van der Waals surface area contributed by atoms with E-state index in [2.05, 4.69) is 10.3 Å². The van der Waals surface area contributed by atoms with E-state index in [9.17, 15) is 26.8 Å². The molecule has 0 aliphatic carbocycles. The number of hydrogen-bond donors (Lipinski definition) is 2. The Kier molecular flexibility index (Phi) is 7.67. The largest absolute Gasteiger partial charge is 0.329 e. The first-order valence-corrected chi connectivity index (χ1v) is 13.0. The van der Waals surface area contributed by atoms with Crippen LogP contribution in [0.15, 0.2) is 83.9 Å². The van der Waals surface area contributed by atoms with Crippen molar-refractivity contribution in [3.8, 4) is 0 Å². The van der Waals surface area contributed by atoms with Crippen molar-refractivity contribution in [1.82, 2.24) is 15.0 Å². The topological polar surface area (TPSA) is 108 Å². The first-order valence-electron chi connectivity index (χ1n) is 11.5. The molecule has 2 N–H and O–H groups in total. The van der Waals surface area contributed by atoms with Crippen LogP contribution in [0.25, 0.3) is 10.9 Å². The van der Waals surface area contributed by atoms with Crippen molar-refractivity contribution < 1.29 is 26.8 Å². The number of carbonyl (C=O) groups excluding carboxylic acids is 2. The number of nitrogens with one attached hydrogen (secondary N) is 2. The maximum atomic E-state index is 13.9. The van der Waals surface area contributed by atoms with Gasteiger partial charge < -0.3 is 10.2 Å². The highest BCUT2D eigenvalue weighted by atomic mass is 32.2. The van der Waals surface area contributed by atoms with Crippen LogP contribution in [0.4, 0.5) is 19.3 Å². The van der Waals surface area contributed by atoms with Gasteiger partial charge in [0.25, 0.3) is 10.0 Å². The number of pyridine rings is 1. The van der Waals surface area contributed by atoms with Crippen LogP contribution in [0.1, 0.15) is 11.1 Å². The van der Waals surface area contributed by atoms with Crippen LogP contribution in [0.5, 0.6) is 0 Å². The zero-order valence-electron chi connectivity index (χ0n) is 20.5. The first kappa shape index (κ1) is 26.7. The van der Waals surface area contributed by atoms with Crippen LogP contribution in [-0.4, -0.2) is 38.4 Å². The fourth-order valence-electron chi connectivity index (χ4n) is 4.12. The number of urea groups is 1. The molecule has 4 rings (SSSR count). The Balaban J connectivity index is 1.64. The van der Waals surface area contributed by atoms with E-state index in [0.717, 1.165) is 12.1 Å². The second-order valence-electron chi connectivity index (χ2n) is 8.62. The van der Waals surface area contributed by atoms with Crippen LogP contribution >= 0.6 is 0 Å². The molecule has 1 heterocycles. The summed E-state index contributed by atoms with van der Waals surface area (Å²) >= 11 is 0. The maximum Gasteiger partial charge on any atom is 0.329 e. The highest BCUT2D eigenvalue weighted by molar-refractivity contribution is 7.90. The summed E-state index contributed by atoms with van der Waals surface area (Å²) in [5, 5.41) is 3.03. The van der Waals surface area contributed by atoms with Gasteiger partial charge in [-0.3, -0.25) is 9.78 Å². The minimum atomic E-state index is -4.26. The number of aryl methyl sites for hydroxylation is 1. The fraction of sp³-hybridized carbons (Fsp3) is 0.148. The lowest BCUT2D eigenvalue weighted by molar-refractivity contribution is -0.120. The van der Waals surface area contributed by atoms with Crippen LogP contribution in [0.2, 0.25) is 0 Å². The molecule has 0 fully saturated rings. The molecule has 0 bridgehead atoms. The van der Waals surface area contributed by atoms with Gasteiger partial charge >= 0.3 is 6.03 Å². The number of carbonyl (C=O) groups is 2. The lowest BCUT2D eigenvalue weighted by Crippen LogP contribution is -2.52. The average Bonchev–Trinajstić information content (AvgIpc) is 2.86. The minimum Gasteiger partial charge on any atom is -0.325 e. The van der Waals surface area contributed by atoms with E-state index in [4.69, 9.17) is 0 Å². The quantitative estimate of drug-likeness (QED) is 0.369. The van der Waals surface area contributed by atoms with Gasteiger partial charge in [0.1, 0.15) is 17.7 Å². The molecular weight excluding hydrogens is 514 g/mol. The zero-order chi connectivity index (χ0) is 27.4. The monoisotopic (exact) mass is 538 g/mol. The molecule has 1 atom stereocenters. The Morgan fingerprint density at radius 2 is 1.68 bits per heavy atom. The average molecular weight is 539 g/mol. The lowest BCUT2D eigenvalue weighted by Gasteiger charge is -2.26. The van der Waals surface area contributed by atoms with Crippen molar-refractivity contribution in [2.45, 2.75) is 24.3 Å². The van der Waals surface area contributed by atoms with E-state index in [1.165, 1.54) is 24.1 Å². The fourth-order valence-corrected chi connectivity index (χ4v) is 5.28. The van der Waals surface area contributed by atoms with Crippen molar-refractivity contribution in [3.63, 3.8) is 0 Å². The molecule has 38 heavy (non-hydrogen) atoms. The third kappa shape index (κ3) is 5.94. The summed E-state index contributed by atoms with van der Waals surface area (Å²) in [7, 11) is -2.79. The number of rotatable bonds is 7. The Hall–Kier alpha value is -4.38. The van der Waals surface area contributed by atoms with Gasteiger partial charge in [-0.25, -0.2) is 26.7 Å². The molecule has 8 nitrogen and oxygen atoms in total. The second kappa shape index (κ2) is 10.9. The van der Waals surface area contributed by atoms with E-state index in [0.29, 0.717) is 28.2 Å². The van der Waals surface area contributed by atoms with Gasteiger partial charge in [0, 0.05) is 31.1 Å². The maximum absolute atomic E-state index is 13.9. The number of anilines is 1. The van der Waals surface area contributed by atoms with Crippen molar-refractivity contribution >= 4 is 38.6 Å². The highest BCUT2D eigenvalue weighted by Crippen LogP contribution is 2.25. The van der Waals surface area contributed by atoms with Gasteiger partial charge in [0.05, 0.1) is 16.1 Å². The summed E-state index contributed by atoms with van der Waals surface area (Å²) in [5.74, 6) is -2.35. The number of sulfonamides is 1. The number of aromatic nitrogens is 1. The Morgan fingerprint density at radius 3 is 2.39 bits per heavy atom. The number of fused-ring (bicyclic) bond motifs is 1. The summed E-state index contributed by atoms with van der Waals surface area (Å²) in [6, 6.07) is 14.9. The Bertz CT molecular complexity index is 1600. The SMILES string of the molecule is Cc1ccccc1S(=O)(=O)NC(=O)N[C@@H](Cc1cc(F)cc(F)c1)C(=O)N(C)c1cccc2ncccc12. The molecule has 4 aromatic rings. The zero-order valence-corrected chi connectivity index (χ0v) is 21.3. The predicted molar refractivity (Wildman–Crippen MR) is 139 cm³/mol. The van der Waals surface area contributed by atoms with Crippen molar-refractivity contribution in [3.05, 3.63) is 102 Å². The van der Waals surface area contributed by atoms with E-state index >= 15 is 0 Å². The first-order chi connectivity index (χ1) is 18.0. The number of benzene rings is 3. The molecule has 0 saturated heterocycles. The molecule has 3 amide bonds. The molecule has 0 unspecified atom stereocenters. The van der Waals surface area contributed by atoms with E-state index in [1.54, 1.807) is 55.6 Å². The van der Waals surface area contributed by atoms with Crippen LogP contribution in [-0.2, 0) is 21.2 Å². The molecule has 11 heteroatoms. The smallest absolute Gasteiger partial charge is 0.325 e. The molecule has 0 aliphatic rings. The molecule has 196 valence electrons. The summed E-state index contributed by atoms with van der Waals surface area (Å²) in [6.45, 7) is 1.57. The molecule has 0 saturated carbocycles. The minimum absolute atomic E-state index is 0.0934. The van der Waals surface area contributed by atoms with E-state index in [1.807, 2.05) is 4.72 Å². The summed E-state index contributed by atoms with van der Waals surface area (Å²) in [5.41, 5.74) is 1.62. The van der Waals surface area contributed by atoms with Gasteiger partial charge in [-0.15, -0.1) is 0 Å². The molecule has 0 aliphatic heterocycles. The second-order valence-corrected chi connectivity index (χ2v) is 10.3. The Morgan fingerprint density at radius 1 is 0.974 bits per heavy atom. The third-order valence-corrected chi connectivity index (χ3v) is 7.38. The van der Waals surface area contributed by atoms with Gasteiger partial charge in [-0.1, -0.05) is 24.3 Å². The number of nitrogens with zero attached hydrogens (tertiary/aromatic N) is 2. The van der Waals surface area contributed by atoms with Crippen molar-refractivity contribution in [1.29, 1.82) is 0 Å². The number of likely N-dealkylation sites (N-methyl/N-ethyl adjacent to an activating group) is 1. The van der Waals surface area contributed by atoms with Crippen LogP contribution in [0.3, 0.4) is 0 Å². The van der Waals surface area contributed by atoms with Crippen LogP contribution in [0, 0.1) is 18.6 Å². The number of halogens is 2. The van der Waals surface area contributed by atoms with Crippen molar-refractivity contribution in [2.75, 3.05) is 11.9 Å². The molecule has 3 aromatic carbocycles. The van der Waals surface area contributed by atoms with E-state index in [-0.39, 0.29) is 16.9 Å². The van der Waals surface area contributed by atoms with E-state index < -0.39 is 39.6 Å². The number of hydrogen-bond acceptors (Lipinski definition) is 5. The van der Waals surface area contributed by atoms with Gasteiger partial charge in [-0.2, -0.15) is 0 Å². The summed E-state index contributed by atoms with van der Waals surface area (Å²) < 4.78 is 55.2. The standard InChI is InChI=1S/C27H24F2N4O4S/c1-17-7-3-4-11-25(17)38(36,37)32-27(35)31-23(15-18-13-19(28)16-20(29)14-18)26(34)33(2)24-10-5-9-22-21(24)8-6-12-30-22/h3-14,16,23H,15H2,1-2H3,(H2,31,32,35)/t23-/m0/s1. The van der Waals surface area contributed by atoms with Gasteiger partial charge in [-0.05, 0) is 60.5 Å². The normalized spacial score (nSPS) is 12.1. The number of amides is 3. The molecule has 0 radical (unpaired) electrons. The van der Waals surface area contributed by atoms with Gasteiger partial charge in [0.15, 0.2) is 0 Å². The molecule has 1 aromatic heterocycles. The molecular formula is C27H24F2N4O4S. The summed E-state index contributed by atoms with van der Waals surface area (Å²) in [4.78, 5) is 31.9. The third-order valence-electron chi connectivity index (χ3n) is 5.89. The van der Waals surface area contributed by atoms with Gasteiger partial charge in [0.2, 0.25) is 5.91 Å². The molecule has 0 spiro atoms. The van der Waals surface area contributed by atoms with Crippen molar-refractivity contribution in [2.24, 2.45) is 0 Å². The van der Waals surface area contributed by atoms with Crippen LogP contribution < -0.4 is 14.9 Å². The highest BCUT2D eigenvalue weighted by Gasteiger charge is 2.28.